The van der Waals surface area contributed by atoms with Gasteiger partial charge in [0.25, 0.3) is 0 Å². The molecule has 1 aromatic heterocycles. The molecule has 1 heterocycles. The molecule has 0 aliphatic rings. The van der Waals surface area contributed by atoms with Crippen LogP contribution in [0.4, 0.5) is 5.69 Å². The number of nitrogens with two attached hydrogens (primary N) is 1. The molecule has 0 fully saturated rings. The first-order chi connectivity index (χ1) is 10.2. The summed E-state index contributed by atoms with van der Waals surface area (Å²) in [5.41, 5.74) is 7.31. The van der Waals surface area contributed by atoms with Crippen LogP contribution in [0.25, 0.3) is 11.4 Å². The lowest BCUT2D eigenvalue weighted by Gasteiger charge is -2.09. The van der Waals surface area contributed by atoms with E-state index in [0.717, 1.165) is 5.56 Å². The predicted molar refractivity (Wildman–Crippen MR) is 82.4 cm³/mol. The van der Waals surface area contributed by atoms with E-state index in [0.29, 0.717) is 41.9 Å². The Balaban J connectivity index is 2.20. The van der Waals surface area contributed by atoms with Crippen molar-refractivity contribution in [3.8, 4) is 17.1 Å². The zero-order chi connectivity index (χ0) is 15.2. The van der Waals surface area contributed by atoms with Crippen LogP contribution in [0.2, 0.25) is 0 Å². The molecule has 0 bridgehead atoms. The van der Waals surface area contributed by atoms with Crippen molar-refractivity contribution in [1.82, 2.24) is 20.2 Å². The van der Waals surface area contributed by atoms with Crippen molar-refractivity contribution in [2.45, 2.75) is 20.4 Å². The number of aromatic nitrogens is 4. The first-order valence-corrected chi connectivity index (χ1v) is 8.28. The predicted octanol–water partition coefficient (Wildman–Crippen LogP) is 1.09. The van der Waals surface area contributed by atoms with Gasteiger partial charge in [0, 0.05) is 27.9 Å². The molecule has 1 unspecified atom stereocenters. The van der Waals surface area contributed by atoms with E-state index in [1.807, 2.05) is 19.9 Å². The highest BCUT2D eigenvalue weighted by Crippen LogP contribution is 2.27. The van der Waals surface area contributed by atoms with Gasteiger partial charge in [-0.15, -0.1) is 5.10 Å². The maximum Gasteiger partial charge on any atom is 0.182 e. The van der Waals surface area contributed by atoms with Crippen molar-refractivity contribution < 1.29 is 8.95 Å². The Morgan fingerprint density at radius 3 is 2.86 bits per heavy atom. The van der Waals surface area contributed by atoms with Crippen molar-refractivity contribution in [2.75, 3.05) is 23.8 Å². The molecule has 0 spiro atoms. The summed E-state index contributed by atoms with van der Waals surface area (Å²) in [6.45, 7) is 4.87. The molecule has 0 amide bonds. The Morgan fingerprint density at radius 1 is 1.38 bits per heavy atom. The number of ether oxygens (including phenoxy) is 1. The molecule has 7 nitrogen and oxygen atoms in total. The van der Waals surface area contributed by atoms with E-state index in [1.165, 1.54) is 0 Å². The van der Waals surface area contributed by atoms with Gasteiger partial charge in [-0.2, -0.15) is 0 Å². The minimum atomic E-state index is -0.848. The molecule has 2 aromatic rings. The van der Waals surface area contributed by atoms with Crippen molar-refractivity contribution >= 4 is 16.5 Å². The quantitative estimate of drug-likeness (QED) is 0.769. The van der Waals surface area contributed by atoms with Gasteiger partial charge in [0.1, 0.15) is 5.75 Å². The van der Waals surface area contributed by atoms with Crippen LogP contribution in [0.15, 0.2) is 18.2 Å². The van der Waals surface area contributed by atoms with Crippen molar-refractivity contribution in [2.24, 2.45) is 0 Å². The van der Waals surface area contributed by atoms with Gasteiger partial charge in [0.15, 0.2) is 5.82 Å². The zero-order valence-corrected chi connectivity index (χ0v) is 13.0. The second-order valence-corrected chi connectivity index (χ2v) is 6.21. The van der Waals surface area contributed by atoms with Gasteiger partial charge in [-0.3, -0.25) is 4.21 Å². The number of anilines is 1. The first-order valence-electron chi connectivity index (χ1n) is 6.79. The molecule has 0 radical (unpaired) electrons. The van der Waals surface area contributed by atoms with Crippen molar-refractivity contribution in [3.05, 3.63) is 18.2 Å². The fourth-order valence-electron chi connectivity index (χ4n) is 1.87. The Kier molecular flexibility index (Phi) is 5.26. The van der Waals surface area contributed by atoms with Gasteiger partial charge >= 0.3 is 0 Å². The van der Waals surface area contributed by atoms with Gasteiger partial charge in [0.2, 0.25) is 0 Å². The number of nitrogen functional groups attached to an aromatic ring is 1. The second kappa shape index (κ2) is 7.16. The lowest BCUT2D eigenvalue weighted by molar-refractivity contribution is 0.342. The first kappa shape index (κ1) is 15.4. The lowest BCUT2D eigenvalue weighted by atomic mass is 10.2. The fraction of sp³-hybridized carbons (Fsp3) is 0.462. The number of benzene rings is 1. The molecule has 21 heavy (non-hydrogen) atoms. The minimum Gasteiger partial charge on any atom is -0.492 e. The van der Waals surface area contributed by atoms with Crippen LogP contribution in [0.3, 0.4) is 0 Å². The Bertz CT molecular complexity index is 629. The highest BCUT2D eigenvalue weighted by atomic mass is 32.2. The summed E-state index contributed by atoms with van der Waals surface area (Å²) in [7, 11) is -0.848. The van der Waals surface area contributed by atoms with E-state index in [4.69, 9.17) is 10.5 Å². The average Bonchev–Trinajstić information content (AvgIpc) is 2.95. The maximum absolute atomic E-state index is 11.5. The highest BCUT2D eigenvalue weighted by molar-refractivity contribution is 7.84. The van der Waals surface area contributed by atoms with Gasteiger partial charge in [0.05, 0.1) is 18.8 Å². The second-order valence-electron chi connectivity index (χ2n) is 4.34. The molecule has 0 saturated heterocycles. The van der Waals surface area contributed by atoms with Crippen LogP contribution < -0.4 is 10.5 Å². The SMILES string of the molecule is CCOc1ccc(-c2nnnn2CCS(=O)CC)cc1N. The lowest BCUT2D eigenvalue weighted by Crippen LogP contribution is -2.11. The Morgan fingerprint density at radius 2 is 2.19 bits per heavy atom. The third-order valence-corrected chi connectivity index (χ3v) is 4.23. The standard InChI is InChI=1S/C13H19N5O2S/c1-3-20-12-6-5-10(9-11(12)14)13-15-16-17-18(13)7-8-21(19)4-2/h5-6,9H,3-4,7-8,14H2,1-2H3. The number of hydrogen-bond acceptors (Lipinski definition) is 6. The summed E-state index contributed by atoms with van der Waals surface area (Å²) in [6.07, 6.45) is 0. The summed E-state index contributed by atoms with van der Waals surface area (Å²) in [5.74, 6) is 2.42. The number of aryl methyl sites for hydroxylation is 1. The topological polar surface area (TPSA) is 95.9 Å². The van der Waals surface area contributed by atoms with Crippen LogP contribution in [-0.2, 0) is 17.3 Å². The molecule has 0 aliphatic carbocycles. The van der Waals surface area contributed by atoms with E-state index in [9.17, 15) is 4.21 Å². The number of nitrogens with zero attached hydrogens (tertiary/aromatic N) is 4. The third-order valence-electron chi connectivity index (χ3n) is 2.95. The smallest absolute Gasteiger partial charge is 0.182 e. The van der Waals surface area contributed by atoms with E-state index in [-0.39, 0.29) is 0 Å². The van der Waals surface area contributed by atoms with Crippen LogP contribution in [0.5, 0.6) is 5.75 Å². The normalized spacial score (nSPS) is 12.3. The molecule has 0 aliphatic heterocycles. The molecule has 8 heteroatoms. The maximum atomic E-state index is 11.5. The Hall–Kier alpha value is -1.96. The van der Waals surface area contributed by atoms with Crippen LogP contribution in [0, 0.1) is 0 Å². The van der Waals surface area contributed by atoms with E-state index in [1.54, 1.807) is 16.8 Å². The minimum absolute atomic E-state index is 0.510. The van der Waals surface area contributed by atoms with E-state index in [2.05, 4.69) is 15.5 Å². The summed E-state index contributed by atoms with van der Waals surface area (Å²) < 4.78 is 18.6. The average molecular weight is 309 g/mol. The van der Waals surface area contributed by atoms with Crippen LogP contribution in [0.1, 0.15) is 13.8 Å². The van der Waals surface area contributed by atoms with Gasteiger partial charge in [-0.1, -0.05) is 6.92 Å². The number of hydrogen-bond donors (Lipinski definition) is 1. The van der Waals surface area contributed by atoms with Gasteiger partial charge < -0.3 is 10.5 Å². The summed E-state index contributed by atoms with van der Waals surface area (Å²) in [5, 5.41) is 11.6. The molecule has 2 rings (SSSR count). The molecular formula is C13H19N5O2S. The summed E-state index contributed by atoms with van der Waals surface area (Å²) in [4.78, 5) is 0. The monoisotopic (exact) mass is 309 g/mol. The van der Waals surface area contributed by atoms with Crippen molar-refractivity contribution in [1.29, 1.82) is 0 Å². The molecule has 1 atom stereocenters. The van der Waals surface area contributed by atoms with Gasteiger partial charge in [-0.25, -0.2) is 4.68 Å². The molecule has 2 N–H and O–H groups in total. The molecule has 1 aromatic carbocycles. The molecular weight excluding hydrogens is 290 g/mol. The van der Waals surface area contributed by atoms with Gasteiger partial charge in [-0.05, 0) is 35.5 Å². The largest absolute Gasteiger partial charge is 0.492 e. The van der Waals surface area contributed by atoms with Crippen molar-refractivity contribution in [3.63, 3.8) is 0 Å². The highest BCUT2D eigenvalue weighted by Gasteiger charge is 2.11. The van der Waals surface area contributed by atoms with E-state index < -0.39 is 10.8 Å². The van der Waals surface area contributed by atoms with Crippen LogP contribution >= 0.6 is 0 Å². The number of rotatable bonds is 7. The van der Waals surface area contributed by atoms with E-state index >= 15 is 0 Å². The third kappa shape index (κ3) is 3.78. The number of tetrazole rings is 1. The zero-order valence-electron chi connectivity index (χ0n) is 12.2. The Labute approximate surface area is 125 Å². The van der Waals surface area contributed by atoms with Crippen LogP contribution in [-0.4, -0.2) is 42.5 Å². The molecule has 0 saturated carbocycles. The molecule has 114 valence electrons. The summed E-state index contributed by atoms with van der Waals surface area (Å²) in [6, 6.07) is 5.45. The fourth-order valence-corrected chi connectivity index (χ4v) is 2.53. The summed E-state index contributed by atoms with van der Waals surface area (Å²) >= 11 is 0.